The van der Waals surface area contributed by atoms with Crippen molar-refractivity contribution in [2.24, 2.45) is 5.92 Å². The lowest BCUT2D eigenvalue weighted by Crippen LogP contribution is -2.52. The monoisotopic (exact) mass is 572 g/mol. The molecule has 0 saturated heterocycles. The van der Waals surface area contributed by atoms with Crippen LogP contribution in [0.4, 0.5) is 4.79 Å². The average Bonchev–Trinajstić information content (AvgIpc) is 3.31. The van der Waals surface area contributed by atoms with Crippen LogP contribution in [-0.2, 0) is 25.4 Å². The quantitative estimate of drug-likeness (QED) is 0.213. The molecule has 0 bridgehead atoms. The molecule has 1 N–H and O–H groups in total. The summed E-state index contributed by atoms with van der Waals surface area (Å²) in [6.45, 7) is 10.0. The zero-order valence-corrected chi connectivity index (χ0v) is 25.3. The van der Waals surface area contributed by atoms with E-state index in [1.54, 1.807) is 4.90 Å². The maximum atomic E-state index is 14.1. The summed E-state index contributed by atoms with van der Waals surface area (Å²) in [5.41, 5.74) is 5.56. The molecule has 0 aromatic heterocycles. The summed E-state index contributed by atoms with van der Waals surface area (Å²) in [5.74, 6) is 0.158. The van der Waals surface area contributed by atoms with Gasteiger partial charge in [-0.15, -0.1) is 0 Å². The molecule has 0 heterocycles. The second kappa shape index (κ2) is 15.5. The second-order valence-electron chi connectivity index (χ2n) is 11.0. The molecule has 0 unspecified atom stereocenters. The second-order valence-corrected chi connectivity index (χ2v) is 11.0. The third-order valence-electron chi connectivity index (χ3n) is 7.58. The van der Waals surface area contributed by atoms with E-state index in [0.29, 0.717) is 32.1 Å². The number of nitrogens with one attached hydrogen (secondary N) is 1. The van der Waals surface area contributed by atoms with Gasteiger partial charge in [0, 0.05) is 32.1 Å². The first-order valence-corrected chi connectivity index (χ1v) is 15.1. The fourth-order valence-corrected chi connectivity index (χ4v) is 5.46. The van der Waals surface area contributed by atoms with Crippen molar-refractivity contribution in [2.75, 3.05) is 32.9 Å². The predicted octanol–water partition coefficient (Wildman–Crippen LogP) is 6.41. The Morgan fingerprint density at radius 2 is 1.40 bits per heavy atom. The zero-order chi connectivity index (χ0) is 29.9. The third-order valence-corrected chi connectivity index (χ3v) is 7.58. The number of rotatable bonds is 15. The minimum atomic E-state index is -0.806. The van der Waals surface area contributed by atoms with E-state index in [1.165, 1.54) is 0 Å². The van der Waals surface area contributed by atoms with Gasteiger partial charge in [-0.25, -0.2) is 4.79 Å². The van der Waals surface area contributed by atoms with Gasteiger partial charge in [0.15, 0.2) is 6.29 Å². The molecular formula is C35H44N2O5. The van der Waals surface area contributed by atoms with E-state index in [4.69, 9.17) is 14.2 Å². The molecule has 4 rings (SSSR count). The summed E-state index contributed by atoms with van der Waals surface area (Å²) >= 11 is 0. The molecule has 2 amide bonds. The van der Waals surface area contributed by atoms with Crippen LogP contribution in [0.1, 0.15) is 56.7 Å². The Morgan fingerprint density at radius 1 is 0.833 bits per heavy atom. The van der Waals surface area contributed by atoms with E-state index in [2.05, 4.69) is 43.4 Å². The number of nitrogens with zero attached hydrogens (tertiary/aromatic N) is 1. The summed E-state index contributed by atoms with van der Waals surface area (Å²) in [6, 6.07) is 25.4. The van der Waals surface area contributed by atoms with Crippen LogP contribution >= 0.6 is 0 Å². The van der Waals surface area contributed by atoms with Crippen molar-refractivity contribution < 1.29 is 23.8 Å². The van der Waals surface area contributed by atoms with Crippen LogP contribution in [0.15, 0.2) is 78.9 Å². The SMILES string of the molecule is CCOC(CN(CCC(C)C)C(=O)[C@H](Cc1ccccc1)NC(=O)OCC1c2ccccc2-c2ccccc21)OCC. The van der Waals surface area contributed by atoms with Gasteiger partial charge in [0.05, 0.1) is 6.54 Å². The number of carbonyl (C=O) groups excluding carboxylic acids is 2. The first-order valence-electron chi connectivity index (χ1n) is 15.1. The highest BCUT2D eigenvalue weighted by Crippen LogP contribution is 2.44. The first-order chi connectivity index (χ1) is 20.4. The minimum Gasteiger partial charge on any atom is -0.449 e. The molecule has 0 spiro atoms. The van der Waals surface area contributed by atoms with Gasteiger partial charge in [0.25, 0.3) is 0 Å². The van der Waals surface area contributed by atoms with Crippen LogP contribution in [0.3, 0.4) is 0 Å². The lowest BCUT2D eigenvalue weighted by Gasteiger charge is -2.31. The van der Waals surface area contributed by atoms with E-state index in [1.807, 2.05) is 68.4 Å². The van der Waals surface area contributed by atoms with Crippen molar-refractivity contribution in [3.8, 4) is 11.1 Å². The van der Waals surface area contributed by atoms with Gasteiger partial charge in [-0.05, 0) is 54.0 Å². The molecule has 1 aliphatic carbocycles. The molecule has 7 nitrogen and oxygen atoms in total. The Labute approximate surface area is 250 Å². The van der Waals surface area contributed by atoms with Gasteiger partial charge in [0.2, 0.25) is 5.91 Å². The Kier molecular flexibility index (Phi) is 11.6. The molecule has 3 aromatic rings. The molecule has 3 aromatic carbocycles. The number of hydrogen-bond acceptors (Lipinski definition) is 5. The van der Waals surface area contributed by atoms with E-state index < -0.39 is 18.4 Å². The number of ether oxygens (including phenoxy) is 3. The van der Waals surface area contributed by atoms with Gasteiger partial charge >= 0.3 is 6.09 Å². The highest BCUT2D eigenvalue weighted by atomic mass is 16.7. The Hall–Kier alpha value is -3.68. The van der Waals surface area contributed by atoms with Gasteiger partial charge in [0.1, 0.15) is 12.6 Å². The van der Waals surface area contributed by atoms with Crippen LogP contribution in [0.25, 0.3) is 11.1 Å². The fourth-order valence-electron chi connectivity index (χ4n) is 5.46. The summed E-state index contributed by atoms with van der Waals surface area (Å²) in [5, 5.41) is 2.91. The maximum absolute atomic E-state index is 14.1. The highest BCUT2D eigenvalue weighted by Gasteiger charge is 2.31. The largest absolute Gasteiger partial charge is 0.449 e. The number of amides is 2. The molecule has 0 fully saturated rings. The lowest BCUT2D eigenvalue weighted by molar-refractivity contribution is -0.160. The standard InChI is InChI=1S/C35H44N2O5/c1-5-40-33(41-6-2)23-37(21-20-25(3)4)34(38)32(22-26-14-8-7-9-15-26)36-35(39)42-24-31-29-18-12-10-16-27(29)28-17-11-13-19-30(28)31/h7-19,25,31-33H,5-6,20-24H2,1-4H3,(H,36,39)/t32-/m0/s1. The Morgan fingerprint density at radius 3 is 1.98 bits per heavy atom. The number of alkyl carbamates (subject to hydrolysis) is 1. The molecule has 7 heteroatoms. The molecule has 0 saturated carbocycles. The van der Waals surface area contributed by atoms with Crippen LogP contribution in [0.2, 0.25) is 0 Å². The van der Waals surface area contributed by atoms with Crippen LogP contribution in [-0.4, -0.2) is 62.1 Å². The summed E-state index contributed by atoms with van der Waals surface area (Å²) in [6.07, 6.45) is 0.0134. The van der Waals surface area contributed by atoms with Crippen LogP contribution in [0.5, 0.6) is 0 Å². The zero-order valence-electron chi connectivity index (χ0n) is 25.3. The van der Waals surface area contributed by atoms with Crippen LogP contribution < -0.4 is 5.32 Å². The Balaban J connectivity index is 1.51. The topological polar surface area (TPSA) is 77.1 Å². The summed E-state index contributed by atoms with van der Waals surface area (Å²) < 4.78 is 17.4. The predicted molar refractivity (Wildman–Crippen MR) is 165 cm³/mol. The normalized spacial score (nSPS) is 13.1. The van der Waals surface area contributed by atoms with E-state index in [9.17, 15) is 9.59 Å². The van der Waals surface area contributed by atoms with Gasteiger partial charge in [-0.1, -0.05) is 92.7 Å². The van der Waals surface area contributed by atoms with Crippen molar-refractivity contribution in [2.45, 2.75) is 58.8 Å². The van der Waals surface area contributed by atoms with Gasteiger partial charge < -0.3 is 24.4 Å². The number of hydrogen-bond donors (Lipinski definition) is 1. The molecule has 1 atom stereocenters. The highest BCUT2D eigenvalue weighted by molar-refractivity contribution is 5.86. The molecule has 0 aliphatic heterocycles. The van der Waals surface area contributed by atoms with Crippen molar-refractivity contribution in [3.05, 3.63) is 95.6 Å². The van der Waals surface area contributed by atoms with Crippen molar-refractivity contribution in [3.63, 3.8) is 0 Å². The fraction of sp³-hybridized carbons (Fsp3) is 0.429. The molecule has 0 radical (unpaired) electrons. The molecular weight excluding hydrogens is 528 g/mol. The summed E-state index contributed by atoms with van der Waals surface area (Å²) in [7, 11) is 0. The van der Waals surface area contributed by atoms with E-state index in [0.717, 1.165) is 34.2 Å². The lowest BCUT2D eigenvalue weighted by atomic mass is 9.98. The number of fused-ring (bicyclic) bond motifs is 3. The van der Waals surface area contributed by atoms with E-state index >= 15 is 0 Å². The number of benzene rings is 3. The average molecular weight is 573 g/mol. The van der Waals surface area contributed by atoms with E-state index in [-0.39, 0.29) is 25.0 Å². The maximum Gasteiger partial charge on any atom is 0.407 e. The van der Waals surface area contributed by atoms with Gasteiger partial charge in [-0.3, -0.25) is 4.79 Å². The first kappa shape index (κ1) is 31.3. The van der Waals surface area contributed by atoms with Crippen molar-refractivity contribution in [1.82, 2.24) is 10.2 Å². The van der Waals surface area contributed by atoms with Crippen molar-refractivity contribution in [1.29, 1.82) is 0 Å². The molecule has 1 aliphatic rings. The Bertz CT molecular complexity index is 1240. The van der Waals surface area contributed by atoms with Crippen molar-refractivity contribution >= 4 is 12.0 Å². The smallest absolute Gasteiger partial charge is 0.407 e. The van der Waals surface area contributed by atoms with Gasteiger partial charge in [-0.2, -0.15) is 0 Å². The molecule has 224 valence electrons. The van der Waals surface area contributed by atoms with Crippen LogP contribution in [0, 0.1) is 5.92 Å². The molecule has 42 heavy (non-hydrogen) atoms. The summed E-state index contributed by atoms with van der Waals surface area (Å²) in [4.78, 5) is 29.1. The third kappa shape index (κ3) is 8.20. The minimum absolute atomic E-state index is 0.0629. The number of carbonyl (C=O) groups is 2.